The fourth-order valence-corrected chi connectivity index (χ4v) is 3.28. The van der Waals surface area contributed by atoms with Gasteiger partial charge in [-0.05, 0) is 12.5 Å². The Labute approximate surface area is 116 Å². The van der Waals surface area contributed by atoms with Crippen LogP contribution in [0, 0.1) is 18.3 Å². The quantitative estimate of drug-likeness (QED) is 0.849. The van der Waals surface area contributed by atoms with Crippen LogP contribution in [0.15, 0.2) is 40.7 Å². The van der Waals surface area contributed by atoms with E-state index in [0.717, 1.165) is 23.0 Å². The van der Waals surface area contributed by atoms with E-state index in [0.29, 0.717) is 11.4 Å². The fourth-order valence-electron chi connectivity index (χ4n) is 2.30. The van der Waals surface area contributed by atoms with Gasteiger partial charge >= 0.3 is 0 Å². The summed E-state index contributed by atoms with van der Waals surface area (Å²) < 4.78 is 0. The van der Waals surface area contributed by atoms with Crippen molar-refractivity contribution in [3.8, 4) is 6.07 Å². The van der Waals surface area contributed by atoms with E-state index >= 15 is 0 Å². The normalized spacial score (nSPS) is 22.0. The van der Waals surface area contributed by atoms with Gasteiger partial charge in [0.05, 0.1) is 5.57 Å². The maximum absolute atomic E-state index is 9.38. The molecule has 1 aromatic rings. The average Bonchev–Trinajstić information content (AvgIpc) is 2.88. The van der Waals surface area contributed by atoms with Crippen molar-refractivity contribution in [2.24, 2.45) is 10.7 Å². The predicted octanol–water partition coefficient (Wildman–Crippen LogP) is 2.15. The van der Waals surface area contributed by atoms with Crippen molar-refractivity contribution in [1.29, 1.82) is 5.26 Å². The molecule has 96 valence electrons. The lowest BCUT2D eigenvalue weighted by Gasteiger charge is -2.27. The highest BCUT2D eigenvalue weighted by Crippen LogP contribution is 2.36. The van der Waals surface area contributed by atoms with Crippen molar-refractivity contribution in [3.63, 3.8) is 0 Å². The minimum absolute atomic E-state index is 0.262. The van der Waals surface area contributed by atoms with Gasteiger partial charge in [-0.3, -0.25) is 0 Å². The summed E-state index contributed by atoms with van der Waals surface area (Å²) in [4.78, 5) is 6.63. The molecule has 1 fully saturated rings. The predicted molar refractivity (Wildman–Crippen MR) is 77.3 cm³/mol. The molecule has 0 aromatic heterocycles. The van der Waals surface area contributed by atoms with Crippen LogP contribution in [0.4, 0.5) is 0 Å². The molecule has 2 N–H and O–H groups in total. The van der Waals surface area contributed by atoms with Crippen LogP contribution < -0.4 is 5.73 Å². The molecule has 0 radical (unpaired) electrons. The average molecular weight is 270 g/mol. The van der Waals surface area contributed by atoms with Gasteiger partial charge in [0.1, 0.15) is 17.9 Å². The molecule has 0 saturated carbocycles. The van der Waals surface area contributed by atoms with E-state index in [1.54, 1.807) is 11.8 Å². The summed E-state index contributed by atoms with van der Waals surface area (Å²) in [7, 11) is 0. The van der Waals surface area contributed by atoms with Crippen molar-refractivity contribution in [1.82, 2.24) is 4.90 Å². The molecule has 0 aliphatic carbocycles. The highest BCUT2D eigenvalue weighted by Gasteiger charge is 2.33. The number of nitrogens with zero attached hydrogens (tertiary/aromatic N) is 3. The Morgan fingerprint density at radius 1 is 1.42 bits per heavy atom. The van der Waals surface area contributed by atoms with Crippen LogP contribution in [0.2, 0.25) is 0 Å². The molecule has 2 heterocycles. The van der Waals surface area contributed by atoms with Crippen LogP contribution in [0.1, 0.15) is 17.2 Å². The van der Waals surface area contributed by atoms with E-state index in [-0.39, 0.29) is 6.04 Å². The standard InChI is InChI=1S/C14H14N4S/c1-9-2-4-10(5-3-9)12-11(8-15)13(16)18-6-7-19-14(18)17-12/h2-5,12H,6-7,16H2,1H3. The summed E-state index contributed by atoms with van der Waals surface area (Å²) in [5.74, 6) is 1.53. The molecule has 2 aliphatic heterocycles. The second-order valence-corrected chi connectivity index (χ2v) is 5.70. The Bertz CT molecular complexity index is 609. The van der Waals surface area contributed by atoms with E-state index in [4.69, 9.17) is 10.7 Å². The lowest BCUT2D eigenvalue weighted by molar-refractivity contribution is 0.527. The zero-order chi connectivity index (χ0) is 13.4. The summed E-state index contributed by atoms with van der Waals surface area (Å²) >= 11 is 1.70. The van der Waals surface area contributed by atoms with Gasteiger partial charge in [-0.1, -0.05) is 41.6 Å². The van der Waals surface area contributed by atoms with Gasteiger partial charge in [-0.25, -0.2) is 4.99 Å². The summed E-state index contributed by atoms with van der Waals surface area (Å²) in [5.41, 5.74) is 8.88. The van der Waals surface area contributed by atoms with Gasteiger partial charge < -0.3 is 10.6 Å². The molecule has 0 amide bonds. The molecule has 1 saturated heterocycles. The van der Waals surface area contributed by atoms with Crippen molar-refractivity contribution in [2.45, 2.75) is 13.0 Å². The van der Waals surface area contributed by atoms with Crippen LogP contribution in [0.25, 0.3) is 0 Å². The number of amidine groups is 1. The third-order valence-corrected chi connectivity index (χ3v) is 4.34. The third-order valence-electron chi connectivity index (χ3n) is 3.37. The Kier molecular flexibility index (Phi) is 2.96. The second-order valence-electron chi connectivity index (χ2n) is 4.64. The monoisotopic (exact) mass is 270 g/mol. The molecule has 1 atom stereocenters. The van der Waals surface area contributed by atoms with E-state index in [1.165, 1.54) is 5.56 Å². The Balaban J connectivity index is 2.07. The van der Waals surface area contributed by atoms with Crippen LogP contribution in [0.3, 0.4) is 0 Å². The van der Waals surface area contributed by atoms with E-state index in [2.05, 4.69) is 6.07 Å². The molecule has 0 bridgehead atoms. The van der Waals surface area contributed by atoms with Crippen molar-refractivity contribution < 1.29 is 0 Å². The lowest BCUT2D eigenvalue weighted by atomic mass is 9.98. The van der Waals surface area contributed by atoms with Crippen LogP contribution in [-0.2, 0) is 0 Å². The van der Waals surface area contributed by atoms with Gasteiger partial charge in [0.25, 0.3) is 0 Å². The number of aliphatic imine (C=N–C) groups is 1. The minimum atomic E-state index is -0.262. The zero-order valence-electron chi connectivity index (χ0n) is 10.6. The molecule has 1 unspecified atom stereocenters. The Morgan fingerprint density at radius 3 is 2.84 bits per heavy atom. The number of aryl methyl sites for hydroxylation is 1. The molecule has 0 spiro atoms. The first-order valence-corrected chi connectivity index (χ1v) is 7.13. The van der Waals surface area contributed by atoms with Crippen LogP contribution in [0.5, 0.6) is 0 Å². The van der Waals surface area contributed by atoms with E-state index < -0.39 is 0 Å². The molecule has 5 heteroatoms. The summed E-state index contributed by atoms with van der Waals surface area (Å²) in [6.07, 6.45) is 0. The molecule has 4 nitrogen and oxygen atoms in total. The van der Waals surface area contributed by atoms with Crippen molar-refractivity contribution in [2.75, 3.05) is 12.3 Å². The summed E-state index contributed by atoms with van der Waals surface area (Å²) in [5, 5.41) is 10.3. The van der Waals surface area contributed by atoms with Gasteiger partial charge in [-0.15, -0.1) is 0 Å². The number of hydrogen-bond donors (Lipinski definition) is 1. The number of hydrogen-bond acceptors (Lipinski definition) is 5. The molecule has 2 aliphatic rings. The lowest BCUT2D eigenvalue weighted by Crippen LogP contribution is -2.34. The third kappa shape index (κ3) is 1.98. The smallest absolute Gasteiger partial charge is 0.165 e. The van der Waals surface area contributed by atoms with Gasteiger partial charge in [-0.2, -0.15) is 5.26 Å². The molecule has 19 heavy (non-hydrogen) atoms. The number of nitriles is 1. The number of nitrogens with two attached hydrogens (primary N) is 1. The maximum atomic E-state index is 9.38. The first-order valence-electron chi connectivity index (χ1n) is 6.15. The van der Waals surface area contributed by atoms with E-state index in [9.17, 15) is 5.26 Å². The van der Waals surface area contributed by atoms with Crippen molar-refractivity contribution in [3.05, 3.63) is 46.8 Å². The van der Waals surface area contributed by atoms with Gasteiger partial charge in [0.15, 0.2) is 5.17 Å². The SMILES string of the molecule is Cc1ccc(C2N=C3SCCN3C(N)=C2C#N)cc1. The molecule has 3 rings (SSSR count). The molecular formula is C14H14N4S. The first kappa shape index (κ1) is 12.1. The van der Waals surface area contributed by atoms with Gasteiger partial charge in [0.2, 0.25) is 0 Å². The highest BCUT2D eigenvalue weighted by atomic mass is 32.2. The maximum Gasteiger partial charge on any atom is 0.165 e. The highest BCUT2D eigenvalue weighted by molar-refractivity contribution is 8.14. The van der Waals surface area contributed by atoms with E-state index in [1.807, 2.05) is 36.1 Å². The fraction of sp³-hybridized carbons (Fsp3) is 0.286. The summed E-state index contributed by atoms with van der Waals surface area (Å²) in [6.45, 7) is 2.88. The Morgan fingerprint density at radius 2 is 2.16 bits per heavy atom. The van der Waals surface area contributed by atoms with Gasteiger partial charge in [0, 0.05) is 12.3 Å². The topological polar surface area (TPSA) is 65.4 Å². The zero-order valence-corrected chi connectivity index (χ0v) is 11.4. The second kappa shape index (κ2) is 4.63. The first-order chi connectivity index (χ1) is 9.20. The Hall–Kier alpha value is -1.93. The molecule has 1 aromatic carbocycles. The minimum Gasteiger partial charge on any atom is -0.384 e. The molecular weight excluding hydrogens is 256 g/mol. The summed E-state index contributed by atoms with van der Waals surface area (Å²) in [6, 6.07) is 10.1. The van der Waals surface area contributed by atoms with Crippen molar-refractivity contribution >= 4 is 16.9 Å². The number of rotatable bonds is 1. The number of thioether (sulfide) groups is 1. The van der Waals surface area contributed by atoms with Crippen LogP contribution >= 0.6 is 11.8 Å². The largest absolute Gasteiger partial charge is 0.384 e. The van der Waals surface area contributed by atoms with Crippen LogP contribution in [-0.4, -0.2) is 22.4 Å². The number of benzene rings is 1. The number of fused-ring (bicyclic) bond motifs is 1.